The average molecular weight is 379 g/mol. The number of thiophene rings is 1. The fourth-order valence-corrected chi connectivity index (χ4v) is 4.74. The molecule has 0 unspecified atom stereocenters. The van der Waals surface area contributed by atoms with E-state index in [0.29, 0.717) is 6.54 Å². The van der Waals surface area contributed by atoms with Gasteiger partial charge in [0, 0.05) is 12.1 Å². The molecule has 0 saturated carbocycles. The molecule has 1 fully saturated rings. The zero-order chi connectivity index (χ0) is 18.5. The van der Waals surface area contributed by atoms with Gasteiger partial charge < -0.3 is 5.32 Å². The topological polar surface area (TPSA) is 32.3 Å². The number of carbonyl (C=O) groups excluding carboxylic acids is 1. The standard InChI is InChI=1S/C23H26N2OS/c26-23(21-11-7-9-18-8-3-4-10-20(18)21)24-16-22(19-12-15-27-17-19)25-13-5-1-2-6-14-25/h3-4,7-12,15,17,22H,1-2,5-6,13-14,16H2,(H,24,26)/t22-/m0/s1. The Hall–Kier alpha value is -2.17. The van der Waals surface area contributed by atoms with Gasteiger partial charge in [0.05, 0.1) is 6.04 Å². The summed E-state index contributed by atoms with van der Waals surface area (Å²) in [5.41, 5.74) is 2.08. The van der Waals surface area contributed by atoms with E-state index >= 15 is 0 Å². The van der Waals surface area contributed by atoms with Gasteiger partial charge in [0.2, 0.25) is 0 Å². The fraction of sp³-hybridized carbons (Fsp3) is 0.348. The molecule has 2 heterocycles. The van der Waals surface area contributed by atoms with Gasteiger partial charge in [0.15, 0.2) is 0 Å². The summed E-state index contributed by atoms with van der Waals surface area (Å²) in [4.78, 5) is 15.5. The average Bonchev–Trinajstić information content (AvgIpc) is 3.10. The molecule has 3 nitrogen and oxygen atoms in total. The van der Waals surface area contributed by atoms with Crippen LogP contribution in [0.25, 0.3) is 10.8 Å². The third-order valence-electron chi connectivity index (χ3n) is 5.50. The first-order chi connectivity index (χ1) is 13.3. The number of nitrogens with zero attached hydrogens (tertiary/aromatic N) is 1. The van der Waals surface area contributed by atoms with Crippen LogP contribution in [0.4, 0.5) is 0 Å². The second kappa shape index (κ2) is 8.68. The molecule has 2 aromatic carbocycles. The Labute approximate surface area is 165 Å². The maximum atomic E-state index is 13.0. The first-order valence-electron chi connectivity index (χ1n) is 9.85. The molecule has 1 aromatic heterocycles. The van der Waals surface area contributed by atoms with E-state index in [1.807, 2.05) is 30.3 Å². The number of hydrogen-bond donors (Lipinski definition) is 1. The minimum absolute atomic E-state index is 0.0156. The molecule has 0 bridgehead atoms. The minimum atomic E-state index is 0.0156. The molecule has 3 aromatic rings. The van der Waals surface area contributed by atoms with Gasteiger partial charge in [-0.1, -0.05) is 49.2 Å². The Morgan fingerprint density at radius 2 is 1.78 bits per heavy atom. The third-order valence-corrected chi connectivity index (χ3v) is 6.20. The van der Waals surface area contributed by atoms with Gasteiger partial charge in [-0.15, -0.1) is 0 Å². The van der Waals surface area contributed by atoms with Crippen LogP contribution in [0.5, 0.6) is 0 Å². The molecule has 140 valence electrons. The van der Waals surface area contributed by atoms with Crippen LogP contribution in [0.15, 0.2) is 59.3 Å². The third kappa shape index (κ3) is 4.23. The largest absolute Gasteiger partial charge is 0.350 e. The predicted octanol–water partition coefficient (Wildman–Crippen LogP) is 5.25. The summed E-state index contributed by atoms with van der Waals surface area (Å²) in [6.07, 6.45) is 5.13. The van der Waals surface area contributed by atoms with Crippen LogP contribution in [0.2, 0.25) is 0 Å². The summed E-state index contributed by atoms with van der Waals surface area (Å²) in [6.45, 7) is 2.88. The number of amides is 1. The highest BCUT2D eigenvalue weighted by Crippen LogP contribution is 2.26. The van der Waals surface area contributed by atoms with Crippen molar-refractivity contribution in [3.63, 3.8) is 0 Å². The molecule has 4 rings (SSSR count). The van der Waals surface area contributed by atoms with Crippen molar-refractivity contribution in [3.8, 4) is 0 Å². The smallest absolute Gasteiger partial charge is 0.251 e. The van der Waals surface area contributed by atoms with Crippen molar-refractivity contribution in [2.45, 2.75) is 31.7 Å². The van der Waals surface area contributed by atoms with E-state index in [9.17, 15) is 4.79 Å². The van der Waals surface area contributed by atoms with Gasteiger partial charge in [0.25, 0.3) is 5.91 Å². The number of carbonyl (C=O) groups is 1. The molecule has 1 N–H and O–H groups in total. The Morgan fingerprint density at radius 3 is 2.56 bits per heavy atom. The monoisotopic (exact) mass is 378 g/mol. The Bertz CT molecular complexity index is 877. The lowest BCUT2D eigenvalue weighted by Crippen LogP contribution is -2.38. The highest BCUT2D eigenvalue weighted by molar-refractivity contribution is 7.08. The second-order valence-corrected chi connectivity index (χ2v) is 8.04. The molecule has 0 radical (unpaired) electrons. The van der Waals surface area contributed by atoms with Crippen molar-refractivity contribution in [2.24, 2.45) is 0 Å². The Balaban J connectivity index is 1.52. The van der Waals surface area contributed by atoms with Crippen molar-refractivity contribution in [1.82, 2.24) is 10.2 Å². The number of benzene rings is 2. The molecule has 1 atom stereocenters. The minimum Gasteiger partial charge on any atom is -0.350 e. The van der Waals surface area contributed by atoms with Crippen LogP contribution >= 0.6 is 11.3 Å². The molecular formula is C23H26N2OS. The summed E-state index contributed by atoms with van der Waals surface area (Å²) < 4.78 is 0. The summed E-state index contributed by atoms with van der Waals surface area (Å²) in [5.74, 6) is 0.0156. The molecule has 0 aliphatic carbocycles. The van der Waals surface area contributed by atoms with Crippen LogP contribution in [-0.4, -0.2) is 30.4 Å². The molecule has 4 heteroatoms. The molecule has 1 saturated heterocycles. The number of hydrogen-bond acceptors (Lipinski definition) is 3. The highest BCUT2D eigenvalue weighted by Gasteiger charge is 2.23. The van der Waals surface area contributed by atoms with E-state index in [1.165, 1.54) is 31.2 Å². The summed E-state index contributed by atoms with van der Waals surface area (Å²) >= 11 is 1.73. The fourth-order valence-electron chi connectivity index (χ4n) is 4.04. The zero-order valence-electron chi connectivity index (χ0n) is 15.6. The van der Waals surface area contributed by atoms with Crippen molar-refractivity contribution in [2.75, 3.05) is 19.6 Å². The lowest BCUT2D eigenvalue weighted by atomic mass is 10.0. The first-order valence-corrected chi connectivity index (χ1v) is 10.8. The summed E-state index contributed by atoms with van der Waals surface area (Å²) in [7, 11) is 0. The van der Waals surface area contributed by atoms with Crippen molar-refractivity contribution < 1.29 is 4.79 Å². The van der Waals surface area contributed by atoms with E-state index in [1.54, 1.807) is 11.3 Å². The second-order valence-electron chi connectivity index (χ2n) is 7.26. The first kappa shape index (κ1) is 18.2. The molecule has 0 spiro atoms. The van der Waals surface area contributed by atoms with Crippen LogP contribution in [-0.2, 0) is 0 Å². The number of likely N-dealkylation sites (tertiary alicyclic amines) is 1. The number of rotatable bonds is 5. The van der Waals surface area contributed by atoms with Crippen LogP contribution in [0.1, 0.15) is 47.6 Å². The van der Waals surface area contributed by atoms with Gasteiger partial charge in [0.1, 0.15) is 0 Å². The van der Waals surface area contributed by atoms with Crippen molar-refractivity contribution >= 4 is 28.0 Å². The lowest BCUT2D eigenvalue weighted by Gasteiger charge is -2.30. The maximum absolute atomic E-state index is 13.0. The normalized spacial score (nSPS) is 16.7. The van der Waals surface area contributed by atoms with Gasteiger partial charge in [-0.3, -0.25) is 9.69 Å². The maximum Gasteiger partial charge on any atom is 0.251 e. The Kier molecular flexibility index (Phi) is 5.85. The SMILES string of the molecule is O=C(NC[C@@H](c1ccsc1)N1CCCCCC1)c1cccc2ccccc12. The highest BCUT2D eigenvalue weighted by atomic mass is 32.1. The zero-order valence-corrected chi connectivity index (χ0v) is 16.4. The van der Waals surface area contributed by atoms with Crippen LogP contribution in [0, 0.1) is 0 Å². The van der Waals surface area contributed by atoms with E-state index in [4.69, 9.17) is 0 Å². The quantitative estimate of drug-likeness (QED) is 0.658. The van der Waals surface area contributed by atoms with Gasteiger partial charge in [-0.05, 0) is 65.2 Å². The molecule has 1 aliphatic rings. The summed E-state index contributed by atoms with van der Waals surface area (Å²) in [6, 6.07) is 16.5. The van der Waals surface area contributed by atoms with Crippen LogP contribution < -0.4 is 5.32 Å². The molecule has 1 amide bonds. The summed E-state index contributed by atoms with van der Waals surface area (Å²) in [5, 5.41) is 9.69. The van der Waals surface area contributed by atoms with Gasteiger partial charge in [-0.25, -0.2) is 0 Å². The molecule has 27 heavy (non-hydrogen) atoms. The Morgan fingerprint density at radius 1 is 1.00 bits per heavy atom. The molecule has 1 aliphatic heterocycles. The van der Waals surface area contributed by atoms with Gasteiger partial charge in [-0.2, -0.15) is 11.3 Å². The number of fused-ring (bicyclic) bond motifs is 1. The lowest BCUT2D eigenvalue weighted by molar-refractivity contribution is 0.0935. The van der Waals surface area contributed by atoms with E-state index in [2.05, 4.69) is 39.2 Å². The van der Waals surface area contributed by atoms with Gasteiger partial charge >= 0.3 is 0 Å². The predicted molar refractivity (Wildman–Crippen MR) is 113 cm³/mol. The molecular weight excluding hydrogens is 352 g/mol. The van der Waals surface area contributed by atoms with E-state index in [-0.39, 0.29) is 11.9 Å². The van der Waals surface area contributed by atoms with E-state index < -0.39 is 0 Å². The number of nitrogens with one attached hydrogen (secondary N) is 1. The van der Waals surface area contributed by atoms with Crippen molar-refractivity contribution in [1.29, 1.82) is 0 Å². The van der Waals surface area contributed by atoms with Crippen LogP contribution in [0.3, 0.4) is 0 Å². The van der Waals surface area contributed by atoms with Crippen molar-refractivity contribution in [3.05, 3.63) is 70.4 Å². The van der Waals surface area contributed by atoms with E-state index in [0.717, 1.165) is 29.4 Å².